The molecule has 7 atom stereocenters. The third-order valence-electron chi connectivity index (χ3n) is 9.94. The minimum Gasteiger partial charge on any atom is -0.412 e. The molecule has 2 heterocycles. The molecule has 8 N–H and O–H groups in total. The van der Waals surface area contributed by atoms with Crippen molar-refractivity contribution in [3.05, 3.63) is 23.8 Å². The number of nitrogens with zero attached hydrogens (tertiary/aromatic N) is 1. The van der Waals surface area contributed by atoms with Crippen LogP contribution in [-0.4, -0.2) is 84.6 Å². The number of ether oxygens (including phenoxy) is 1. The lowest BCUT2D eigenvalue weighted by Gasteiger charge is -2.48. The van der Waals surface area contributed by atoms with Crippen LogP contribution in [0, 0.1) is 35.0 Å². The van der Waals surface area contributed by atoms with Crippen molar-refractivity contribution in [2.75, 3.05) is 39.9 Å². The number of halogens is 1. The molecule has 0 aromatic heterocycles. The maximum Gasteiger partial charge on any atom is 0.227 e. The molecule has 4 rings (SSSR count). The molecule has 248 valence electrons. The first kappa shape index (κ1) is 41.0. The highest BCUT2D eigenvalue weighted by Crippen LogP contribution is 2.43. The van der Waals surface area contributed by atoms with E-state index in [4.69, 9.17) is 16.3 Å². The smallest absolute Gasteiger partial charge is 0.227 e. The number of piperidine rings is 2. The van der Waals surface area contributed by atoms with Gasteiger partial charge in [-0.15, -0.1) is 11.6 Å². The van der Waals surface area contributed by atoms with Crippen LogP contribution in [0.25, 0.3) is 0 Å². The number of likely N-dealkylation sites (tertiary alicyclic amines) is 1. The molecular formula is C33H64ClN3O5. The second-order valence-corrected chi connectivity index (χ2v) is 14.3. The highest BCUT2D eigenvalue weighted by molar-refractivity contribution is 6.21. The van der Waals surface area contributed by atoms with Crippen LogP contribution in [0.1, 0.15) is 86.5 Å². The zero-order chi connectivity index (χ0) is 27.3. The Bertz CT molecular complexity index is 846. The van der Waals surface area contributed by atoms with Crippen LogP contribution >= 0.6 is 11.6 Å². The fourth-order valence-corrected chi connectivity index (χ4v) is 8.01. The minimum atomic E-state index is -0.0603. The van der Waals surface area contributed by atoms with Crippen LogP contribution in [0.4, 0.5) is 0 Å². The van der Waals surface area contributed by atoms with Gasteiger partial charge in [-0.3, -0.25) is 4.79 Å². The Morgan fingerprint density at radius 2 is 1.88 bits per heavy atom. The molecule has 0 radical (unpaired) electrons. The van der Waals surface area contributed by atoms with Gasteiger partial charge in [0, 0.05) is 32.3 Å². The molecule has 0 spiro atoms. The predicted octanol–water partition coefficient (Wildman–Crippen LogP) is 3.95. The lowest BCUT2D eigenvalue weighted by Crippen LogP contribution is -2.54. The maximum atomic E-state index is 13.7. The van der Waals surface area contributed by atoms with Gasteiger partial charge in [-0.05, 0) is 92.7 Å². The number of carbonyl (C=O) groups is 1. The predicted molar refractivity (Wildman–Crippen MR) is 176 cm³/mol. The van der Waals surface area contributed by atoms with Crippen LogP contribution in [0.15, 0.2) is 23.8 Å². The Labute approximate surface area is 261 Å². The number of methoxy groups -OCH3 is 1. The monoisotopic (exact) mass is 617 g/mol. The third-order valence-corrected chi connectivity index (χ3v) is 10.3. The zero-order valence-corrected chi connectivity index (χ0v) is 26.9. The Kier molecular flexibility index (Phi) is 18.3. The second-order valence-electron chi connectivity index (χ2n) is 13.7. The van der Waals surface area contributed by atoms with Gasteiger partial charge in [0.1, 0.15) is 0 Å². The summed E-state index contributed by atoms with van der Waals surface area (Å²) in [5, 5.41) is 7.47. The van der Waals surface area contributed by atoms with Gasteiger partial charge >= 0.3 is 0 Å². The molecule has 2 aliphatic heterocycles. The first-order valence-corrected chi connectivity index (χ1v) is 15.9. The van der Waals surface area contributed by atoms with E-state index in [1.807, 2.05) is 0 Å². The average Bonchev–Trinajstić information content (AvgIpc) is 2.89. The van der Waals surface area contributed by atoms with Gasteiger partial charge in [-0.1, -0.05) is 59.8 Å². The molecule has 0 bridgehead atoms. The van der Waals surface area contributed by atoms with Crippen molar-refractivity contribution in [3.63, 3.8) is 0 Å². The third kappa shape index (κ3) is 10.9. The van der Waals surface area contributed by atoms with E-state index in [9.17, 15) is 4.79 Å². The summed E-state index contributed by atoms with van der Waals surface area (Å²) in [5.74, 6) is 2.40. The summed E-state index contributed by atoms with van der Waals surface area (Å²) in [4.78, 5) is 16.3. The van der Waals surface area contributed by atoms with Gasteiger partial charge < -0.3 is 36.7 Å². The summed E-state index contributed by atoms with van der Waals surface area (Å²) in [7, 11) is 1.76. The molecule has 0 saturated carbocycles. The van der Waals surface area contributed by atoms with Crippen molar-refractivity contribution in [1.82, 2.24) is 15.5 Å². The van der Waals surface area contributed by atoms with Gasteiger partial charge in [0.15, 0.2) is 0 Å². The molecule has 4 aliphatic rings. The number of nitrogens with one attached hydrogen (secondary N) is 2. The Morgan fingerprint density at radius 1 is 1.14 bits per heavy atom. The number of amides is 1. The quantitative estimate of drug-likeness (QED) is 0.298. The summed E-state index contributed by atoms with van der Waals surface area (Å²) in [6.07, 6.45) is 16.1. The SMILES string of the molecule is C.COCC1=CC(C(=O)N[C@@H](CN2CCC(C3C=CC(Cl)CC3)C(C)(C)C2)C(C)C)CC(C2CCCCN2)C1.O.O.O. The largest absolute Gasteiger partial charge is 0.412 e. The number of hydrogen-bond donors (Lipinski definition) is 2. The molecular weight excluding hydrogens is 554 g/mol. The lowest BCUT2D eigenvalue weighted by atomic mass is 9.65. The van der Waals surface area contributed by atoms with E-state index in [1.165, 1.54) is 37.7 Å². The zero-order valence-electron chi connectivity index (χ0n) is 26.2. The Hall–Kier alpha value is -1.00. The van der Waals surface area contributed by atoms with Crippen LogP contribution in [0.3, 0.4) is 0 Å². The fraction of sp³-hybridized carbons (Fsp3) is 0.848. The summed E-state index contributed by atoms with van der Waals surface area (Å²) in [5.41, 5.74) is 1.54. The molecule has 2 aliphatic carbocycles. The molecule has 2 saturated heterocycles. The van der Waals surface area contributed by atoms with Crippen molar-refractivity contribution >= 4 is 17.5 Å². The first-order chi connectivity index (χ1) is 18.2. The number of rotatable bonds is 9. The number of carbonyl (C=O) groups excluding carboxylic acids is 1. The molecule has 0 aromatic carbocycles. The van der Waals surface area contributed by atoms with Crippen LogP contribution < -0.4 is 10.6 Å². The van der Waals surface area contributed by atoms with E-state index in [-0.39, 0.29) is 52.5 Å². The number of hydrogen-bond acceptors (Lipinski definition) is 4. The van der Waals surface area contributed by atoms with Gasteiger partial charge in [0.05, 0.1) is 17.9 Å². The summed E-state index contributed by atoms with van der Waals surface area (Å²) >= 11 is 6.33. The van der Waals surface area contributed by atoms with Crippen molar-refractivity contribution in [3.8, 4) is 0 Å². The molecule has 2 fully saturated rings. The standard InChI is InChI=1S/C32H54ClN3O2.CH4.3H2O/c1-22(2)30(19-36-15-13-28(32(3,4)21-36)24-9-11-27(33)12-10-24)35-31(37)26-17-23(20-38-5)16-25(18-26)29-8-6-7-14-34-29;;;;/h9,11,17,22,24-30,34H,6-8,10,12-16,18-21H2,1-5H3,(H,35,37);1H4;3*1H2/t24?,25?,26?,27?,28?,29?,30-;;;;/m0..../s1. The van der Waals surface area contributed by atoms with Crippen molar-refractivity contribution in [2.24, 2.45) is 35.0 Å². The van der Waals surface area contributed by atoms with Gasteiger partial charge in [0.25, 0.3) is 0 Å². The lowest BCUT2D eigenvalue weighted by molar-refractivity contribution is -0.125. The van der Waals surface area contributed by atoms with Crippen molar-refractivity contribution in [2.45, 2.75) is 104 Å². The van der Waals surface area contributed by atoms with Gasteiger partial charge in [0.2, 0.25) is 5.91 Å². The van der Waals surface area contributed by atoms with E-state index in [0.717, 1.165) is 45.4 Å². The van der Waals surface area contributed by atoms with Crippen LogP contribution in [-0.2, 0) is 9.53 Å². The summed E-state index contributed by atoms with van der Waals surface area (Å²) < 4.78 is 5.50. The highest BCUT2D eigenvalue weighted by atomic mass is 35.5. The van der Waals surface area contributed by atoms with E-state index < -0.39 is 0 Å². The molecule has 8 nitrogen and oxygen atoms in total. The Morgan fingerprint density at radius 3 is 2.45 bits per heavy atom. The fourth-order valence-electron chi connectivity index (χ4n) is 7.80. The maximum absolute atomic E-state index is 13.7. The highest BCUT2D eigenvalue weighted by Gasteiger charge is 2.41. The summed E-state index contributed by atoms with van der Waals surface area (Å²) in [6, 6.07) is 0.687. The molecule has 42 heavy (non-hydrogen) atoms. The van der Waals surface area contributed by atoms with E-state index in [2.05, 4.69) is 61.5 Å². The first-order valence-electron chi connectivity index (χ1n) is 15.4. The topological polar surface area (TPSA) is 148 Å². The number of alkyl halides is 1. The Balaban J connectivity index is 0.00000420. The summed E-state index contributed by atoms with van der Waals surface area (Å²) in [6.45, 7) is 14.2. The van der Waals surface area contributed by atoms with E-state index in [0.29, 0.717) is 36.3 Å². The number of allylic oxidation sites excluding steroid dienone is 2. The normalized spacial score (nSPS) is 31.7. The second kappa shape index (κ2) is 18.7. The molecule has 0 aromatic rings. The van der Waals surface area contributed by atoms with Crippen LogP contribution in [0.2, 0.25) is 0 Å². The molecule has 9 heteroatoms. The minimum absolute atomic E-state index is 0. The molecule has 1 amide bonds. The molecule has 6 unspecified atom stereocenters. The van der Waals surface area contributed by atoms with Gasteiger partial charge in [-0.2, -0.15) is 0 Å². The van der Waals surface area contributed by atoms with Crippen molar-refractivity contribution < 1.29 is 26.0 Å². The van der Waals surface area contributed by atoms with Gasteiger partial charge in [-0.25, -0.2) is 0 Å². The van der Waals surface area contributed by atoms with E-state index >= 15 is 0 Å². The van der Waals surface area contributed by atoms with E-state index in [1.54, 1.807) is 7.11 Å². The van der Waals surface area contributed by atoms with Crippen LogP contribution in [0.5, 0.6) is 0 Å². The van der Waals surface area contributed by atoms with Crippen molar-refractivity contribution in [1.29, 1.82) is 0 Å². The average molecular weight is 618 g/mol.